The second kappa shape index (κ2) is 11.8. The highest BCUT2D eigenvalue weighted by Crippen LogP contribution is 2.30. The molecule has 0 spiro atoms. The molecule has 2 amide bonds. The van der Waals surface area contributed by atoms with Crippen LogP contribution in [0, 0.1) is 24.0 Å². The number of carbonyl (C=O) groups excluding carboxylic acids is 2. The lowest BCUT2D eigenvalue weighted by molar-refractivity contribution is -0.385. The van der Waals surface area contributed by atoms with Crippen molar-refractivity contribution in [2.45, 2.75) is 27.2 Å². The van der Waals surface area contributed by atoms with E-state index in [0.29, 0.717) is 24.4 Å². The van der Waals surface area contributed by atoms with E-state index in [4.69, 9.17) is 17.0 Å². The number of aromatic nitrogens is 2. The molecule has 1 aliphatic rings. The van der Waals surface area contributed by atoms with Gasteiger partial charge >= 0.3 is 0 Å². The van der Waals surface area contributed by atoms with Gasteiger partial charge in [-0.05, 0) is 86.6 Å². The van der Waals surface area contributed by atoms with E-state index in [1.807, 2.05) is 61.7 Å². The molecule has 0 radical (unpaired) electrons. The van der Waals surface area contributed by atoms with Crippen LogP contribution in [-0.2, 0) is 9.59 Å². The Balaban J connectivity index is 1.45. The Kier molecular flexibility index (Phi) is 7.94. The highest BCUT2D eigenvalue weighted by atomic mass is 32.1. The van der Waals surface area contributed by atoms with Crippen molar-refractivity contribution < 1.29 is 19.2 Å². The SMILES string of the molecule is CCCN1C(=O)/C(=C\c2cc(C)n(-c3ccc(Oc4ccc([N+](=O)[O-])cn4)cc3)c2C)C(=O)N(c2ccccc2)C1=S. The zero-order valence-electron chi connectivity index (χ0n) is 23.2. The number of carbonyl (C=O) groups is 2. The van der Waals surface area contributed by atoms with Gasteiger partial charge in [0.05, 0.1) is 10.6 Å². The van der Waals surface area contributed by atoms with Gasteiger partial charge in [0.2, 0.25) is 5.88 Å². The Morgan fingerprint density at radius 3 is 2.31 bits per heavy atom. The summed E-state index contributed by atoms with van der Waals surface area (Å²) in [4.78, 5) is 44.4. The van der Waals surface area contributed by atoms with Gasteiger partial charge in [0.15, 0.2) is 5.11 Å². The minimum Gasteiger partial charge on any atom is -0.439 e. The Hall–Kier alpha value is -5.16. The monoisotopic (exact) mass is 581 g/mol. The largest absolute Gasteiger partial charge is 0.439 e. The average molecular weight is 582 g/mol. The van der Waals surface area contributed by atoms with E-state index >= 15 is 0 Å². The smallest absolute Gasteiger partial charge is 0.287 e. The fourth-order valence-electron chi connectivity index (χ4n) is 4.81. The molecule has 10 nitrogen and oxygen atoms in total. The van der Waals surface area contributed by atoms with E-state index < -0.39 is 16.7 Å². The van der Waals surface area contributed by atoms with Crippen LogP contribution in [0.3, 0.4) is 0 Å². The maximum Gasteiger partial charge on any atom is 0.287 e. The lowest BCUT2D eigenvalue weighted by atomic mass is 10.1. The molecular formula is C31H27N5O5S. The first-order chi connectivity index (χ1) is 20.2. The molecule has 2 aromatic carbocycles. The van der Waals surface area contributed by atoms with E-state index in [9.17, 15) is 19.7 Å². The fraction of sp³-hybridized carbons (Fsp3) is 0.161. The predicted octanol–water partition coefficient (Wildman–Crippen LogP) is 6.14. The minimum absolute atomic E-state index is 0.0421. The van der Waals surface area contributed by atoms with E-state index in [-0.39, 0.29) is 22.3 Å². The number of nitro groups is 1. The highest BCUT2D eigenvalue weighted by molar-refractivity contribution is 7.80. The molecule has 1 saturated heterocycles. The van der Waals surface area contributed by atoms with Crippen LogP contribution in [0.2, 0.25) is 0 Å². The number of ether oxygens (including phenoxy) is 1. The molecule has 0 N–H and O–H groups in total. The van der Waals surface area contributed by atoms with Crippen molar-refractivity contribution in [1.29, 1.82) is 0 Å². The number of hydrogen-bond donors (Lipinski definition) is 0. The molecule has 1 fully saturated rings. The van der Waals surface area contributed by atoms with Gasteiger partial charge in [0.1, 0.15) is 17.5 Å². The number of thiocarbonyl (C=S) groups is 1. The van der Waals surface area contributed by atoms with Crippen LogP contribution in [0.1, 0.15) is 30.3 Å². The Morgan fingerprint density at radius 1 is 0.976 bits per heavy atom. The molecule has 4 aromatic rings. The number of aryl methyl sites for hydroxylation is 1. The van der Waals surface area contributed by atoms with Crippen molar-refractivity contribution in [2.75, 3.05) is 11.4 Å². The van der Waals surface area contributed by atoms with Crippen LogP contribution in [0.15, 0.2) is 84.6 Å². The number of amides is 2. The highest BCUT2D eigenvalue weighted by Gasteiger charge is 2.40. The van der Waals surface area contributed by atoms with Gasteiger partial charge in [-0.2, -0.15) is 0 Å². The summed E-state index contributed by atoms with van der Waals surface area (Å²) in [7, 11) is 0. The summed E-state index contributed by atoms with van der Waals surface area (Å²) in [5.41, 5.74) is 3.85. The third-order valence-electron chi connectivity index (χ3n) is 6.81. The molecule has 3 heterocycles. The third kappa shape index (κ3) is 5.41. The summed E-state index contributed by atoms with van der Waals surface area (Å²) in [6, 6.07) is 21.0. The molecule has 212 valence electrons. The van der Waals surface area contributed by atoms with Crippen molar-refractivity contribution in [3.8, 4) is 17.3 Å². The summed E-state index contributed by atoms with van der Waals surface area (Å²) in [6.45, 7) is 6.22. The summed E-state index contributed by atoms with van der Waals surface area (Å²) < 4.78 is 7.75. The first-order valence-corrected chi connectivity index (χ1v) is 13.6. The molecule has 11 heteroatoms. The first-order valence-electron chi connectivity index (χ1n) is 13.2. The standard InChI is InChI=1S/C31H27N5O5S/c1-4-16-33-29(37)27(30(38)35(31(33)42)23-8-6-5-7-9-23)18-22-17-20(2)34(21(22)3)24-10-13-26(14-11-24)41-28-15-12-25(19-32-28)36(39)40/h5-15,17-19H,4,16H2,1-3H3/b27-18+. The van der Waals surface area contributed by atoms with Crippen LogP contribution in [0.5, 0.6) is 11.6 Å². The fourth-order valence-corrected chi connectivity index (χ4v) is 5.17. The molecule has 1 aliphatic heterocycles. The number of pyridine rings is 1. The van der Waals surface area contributed by atoms with Crippen molar-refractivity contribution >= 4 is 46.6 Å². The maximum absolute atomic E-state index is 13.7. The van der Waals surface area contributed by atoms with Gasteiger partial charge in [0.25, 0.3) is 17.5 Å². The molecule has 0 bridgehead atoms. The second-order valence-electron chi connectivity index (χ2n) is 9.64. The molecule has 0 aliphatic carbocycles. The van der Waals surface area contributed by atoms with Gasteiger partial charge in [-0.3, -0.25) is 29.5 Å². The molecule has 2 aromatic heterocycles. The topological polar surface area (TPSA) is 111 Å². The normalized spacial score (nSPS) is 14.5. The van der Waals surface area contributed by atoms with Crippen LogP contribution in [-0.4, -0.2) is 42.8 Å². The lowest BCUT2D eigenvalue weighted by Gasteiger charge is -2.36. The van der Waals surface area contributed by atoms with Crippen molar-refractivity contribution in [3.05, 3.63) is 112 Å². The number of benzene rings is 2. The molecule has 5 rings (SSSR count). The van der Waals surface area contributed by atoms with Crippen molar-refractivity contribution in [3.63, 3.8) is 0 Å². The second-order valence-corrected chi connectivity index (χ2v) is 10.0. The van der Waals surface area contributed by atoms with Gasteiger partial charge in [-0.15, -0.1) is 0 Å². The summed E-state index contributed by atoms with van der Waals surface area (Å²) in [5, 5.41) is 11.0. The number of hydrogen-bond acceptors (Lipinski definition) is 7. The quantitative estimate of drug-likeness (QED) is 0.0808. The van der Waals surface area contributed by atoms with Crippen molar-refractivity contribution in [1.82, 2.24) is 14.5 Å². The van der Waals surface area contributed by atoms with Gasteiger partial charge in [-0.25, -0.2) is 4.98 Å². The number of para-hydroxylation sites is 1. The number of anilines is 1. The van der Waals surface area contributed by atoms with Crippen molar-refractivity contribution in [2.24, 2.45) is 0 Å². The Morgan fingerprint density at radius 2 is 1.69 bits per heavy atom. The zero-order valence-corrected chi connectivity index (χ0v) is 24.0. The van der Waals surface area contributed by atoms with Gasteiger partial charge in [-0.1, -0.05) is 25.1 Å². The van der Waals surface area contributed by atoms with E-state index in [1.54, 1.807) is 30.3 Å². The van der Waals surface area contributed by atoms with Crippen LogP contribution in [0.25, 0.3) is 11.8 Å². The van der Waals surface area contributed by atoms with Gasteiger partial charge in [0, 0.05) is 35.8 Å². The summed E-state index contributed by atoms with van der Waals surface area (Å²) >= 11 is 5.59. The third-order valence-corrected chi connectivity index (χ3v) is 7.21. The van der Waals surface area contributed by atoms with Crippen LogP contribution >= 0.6 is 12.2 Å². The van der Waals surface area contributed by atoms with Crippen LogP contribution < -0.4 is 9.64 Å². The Bertz CT molecular complexity index is 1710. The number of nitrogens with zero attached hydrogens (tertiary/aromatic N) is 5. The molecular weight excluding hydrogens is 554 g/mol. The first kappa shape index (κ1) is 28.4. The van der Waals surface area contributed by atoms with E-state index in [0.717, 1.165) is 28.8 Å². The zero-order chi connectivity index (χ0) is 30.0. The van der Waals surface area contributed by atoms with Gasteiger partial charge < -0.3 is 9.30 Å². The maximum atomic E-state index is 13.7. The van der Waals surface area contributed by atoms with E-state index in [1.165, 1.54) is 21.9 Å². The molecule has 0 atom stereocenters. The average Bonchev–Trinajstić information content (AvgIpc) is 3.27. The van der Waals surface area contributed by atoms with E-state index in [2.05, 4.69) is 4.98 Å². The summed E-state index contributed by atoms with van der Waals surface area (Å²) in [5.74, 6) is -0.130. The molecule has 0 saturated carbocycles. The Labute approximate surface area is 247 Å². The lowest BCUT2D eigenvalue weighted by Crippen LogP contribution is -2.56. The molecule has 0 unspecified atom stereocenters. The van der Waals surface area contributed by atoms with Crippen LogP contribution in [0.4, 0.5) is 11.4 Å². The number of rotatable bonds is 8. The minimum atomic E-state index is -0.521. The molecule has 42 heavy (non-hydrogen) atoms. The predicted molar refractivity (Wildman–Crippen MR) is 163 cm³/mol. The summed E-state index contributed by atoms with van der Waals surface area (Å²) in [6.07, 6.45) is 3.47.